The molecule has 3 aromatic rings. The van der Waals surface area contributed by atoms with Crippen LogP contribution < -0.4 is 16.0 Å². The van der Waals surface area contributed by atoms with E-state index in [1.54, 1.807) is 11.6 Å². The van der Waals surface area contributed by atoms with Gasteiger partial charge in [0.05, 0.1) is 17.0 Å². The molecular weight excluding hydrogens is 394 g/mol. The summed E-state index contributed by atoms with van der Waals surface area (Å²) in [6.07, 6.45) is 0. The van der Waals surface area contributed by atoms with Gasteiger partial charge in [-0.05, 0) is 29.8 Å². The van der Waals surface area contributed by atoms with Crippen LogP contribution in [0.2, 0.25) is 0 Å². The van der Waals surface area contributed by atoms with E-state index >= 15 is 0 Å². The van der Waals surface area contributed by atoms with Crippen LogP contribution >= 0.6 is 15.9 Å². The van der Waals surface area contributed by atoms with Gasteiger partial charge in [0.2, 0.25) is 5.88 Å². The molecule has 0 radical (unpaired) electrons. The largest absolute Gasteiger partial charge is 0.439 e. The maximum atomic E-state index is 13.2. The van der Waals surface area contributed by atoms with Crippen molar-refractivity contribution in [3.63, 3.8) is 0 Å². The van der Waals surface area contributed by atoms with Gasteiger partial charge >= 0.3 is 0 Å². The highest BCUT2D eigenvalue weighted by Gasteiger charge is 2.35. The molecule has 0 saturated heterocycles. The van der Waals surface area contributed by atoms with E-state index in [1.807, 2.05) is 48.5 Å². The molecule has 4 rings (SSSR count). The Morgan fingerprint density at radius 1 is 1.23 bits per heavy atom. The molecule has 26 heavy (non-hydrogen) atoms. The second-order valence-electron chi connectivity index (χ2n) is 6.10. The predicted molar refractivity (Wildman–Crippen MR) is 103 cm³/mol. The minimum absolute atomic E-state index is 0.0309. The third-order valence-corrected chi connectivity index (χ3v) is 5.14. The third-order valence-electron chi connectivity index (χ3n) is 4.65. The van der Waals surface area contributed by atoms with Crippen LogP contribution in [0.1, 0.15) is 17.0 Å². The van der Waals surface area contributed by atoms with Gasteiger partial charge in [-0.3, -0.25) is 4.79 Å². The molecule has 1 atom stereocenters. The lowest BCUT2D eigenvalue weighted by Crippen LogP contribution is -2.31. The number of aromatic nitrogens is 1. The zero-order valence-electron chi connectivity index (χ0n) is 13.9. The van der Waals surface area contributed by atoms with E-state index in [0.29, 0.717) is 11.3 Å². The molecule has 0 aliphatic carbocycles. The van der Waals surface area contributed by atoms with Crippen LogP contribution in [-0.4, -0.2) is 4.57 Å². The maximum Gasteiger partial charge on any atom is 0.258 e. The van der Waals surface area contributed by atoms with Crippen LogP contribution in [0, 0.1) is 11.3 Å². The predicted octanol–water partition coefficient (Wildman–Crippen LogP) is 3.52. The molecule has 1 aromatic heterocycles. The third kappa shape index (κ3) is 2.32. The molecule has 0 spiro atoms. The number of ether oxygens (including phenoxy) is 1. The Morgan fingerprint density at radius 2 is 2.00 bits per heavy atom. The molecule has 1 aliphatic heterocycles. The number of rotatable bonds is 1. The summed E-state index contributed by atoms with van der Waals surface area (Å²) < 4.78 is 8.22. The van der Waals surface area contributed by atoms with Crippen molar-refractivity contribution in [1.29, 1.82) is 5.26 Å². The average Bonchev–Trinajstić information content (AvgIpc) is 2.65. The molecule has 2 aromatic carbocycles. The fourth-order valence-corrected chi connectivity index (χ4v) is 3.86. The zero-order chi connectivity index (χ0) is 18.4. The molecule has 0 saturated carbocycles. The van der Waals surface area contributed by atoms with Gasteiger partial charge in [0.25, 0.3) is 5.56 Å². The Bertz CT molecular complexity index is 1190. The lowest BCUT2D eigenvalue weighted by atomic mass is 9.83. The summed E-state index contributed by atoms with van der Waals surface area (Å²) in [4.78, 5) is 13.2. The number of para-hydroxylation sites is 1. The number of hydrogen-bond acceptors (Lipinski definition) is 4. The summed E-state index contributed by atoms with van der Waals surface area (Å²) in [6, 6.07) is 17.1. The van der Waals surface area contributed by atoms with Gasteiger partial charge < -0.3 is 15.0 Å². The number of pyridine rings is 1. The summed E-state index contributed by atoms with van der Waals surface area (Å²) in [5.74, 6) is -0.127. The number of nitriles is 1. The Labute approximate surface area is 158 Å². The minimum Gasteiger partial charge on any atom is -0.439 e. The number of nitrogens with two attached hydrogens (primary N) is 1. The number of fused-ring (bicyclic) bond motifs is 3. The van der Waals surface area contributed by atoms with Crippen molar-refractivity contribution < 1.29 is 4.74 Å². The van der Waals surface area contributed by atoms with Crippen LogP contribution in [0.25, 0.3) is 10.9 Å². The highest BCUT2D eigenvalue weighted by molar-refractivity contribution is 9.10. The smallest absolute Gasteiger partial charge is 0.258 e. The average molecular weight is 408 g/mol. The molecule has 0 amide bonds. The first kappa shape index (κ1) is 16.4. The SMILES string of the molecule is Cn1c(=O)c2c(c3ccccc31)OC(N)=C(C#N)[C@H]2c1cccc(Br)c1. The molecule has 1 aliphatic rings. The van der Waals surface area contributed by atoms with E-state index < -0.39 is 5.92 Å². The number of hydrogen-bond donors (Lipinski definition) is 1. The second-order valence-corrected chi connectivity index (χ2v) is 7.02. The van der Waals surface area contributed by atoms with Gasteiger partial charge in [-0.2, -0.15) is 5.26 Å². The van der Waals surface area contributed by atoms with E-state index in [1.165, 1.54) is 0 Å². The monoisotopic (exact) mass is 407 g/mol. The molecule has 128 valence electrons. The highest BCUT2D eigenvalue weighted by Crippen LogP contribution is 2.43. The van der Waals surface area contributed by atoms with E-state index in [9.17, 15) is 10.1 Å². The van der Waals surface area contributed by atoms with Crippen LogP contribution in [-0.2, 0) is 7.05 Å². The Hall–Kier alpha value is -3.04. The zero-order valence-corrected chi connectivity index (χ0v) is 15.4. The van der Waals surface area contributed by atoms with E-state index in [2.05, 4.69) is 22.0 Å². The molecule has 0 fully saturated rings. The second kappa shape index (κ2) is 6.04. The van der Waals surface area contributed by atoms with Crippen LogP contribution in [0.15, 0.2) is 69.3 Å². The maximum absolute atomic E-state index is 13.2. The van der Waals surface area contributed by atoms with Gasteiger partial charge in [0.15, 0.2) is 0 Å². The Balaban J connectivity index is 2.14. The summed E-state index contributed by atoms with van der Waals surface area (Å²) in [5.41, 5.74) is 8.07. The Morgan fingerprint density at radius 3 is 2.73 bits per heavy atom. The van der Waals surface area contributed by atoms with Crippen molar-refractivity contribution in [1.82, 2.24) is 4.57 Å². The number of nitrogens with zero attached hydrogens (tertiary/aromatic N) is 2. The molecule has 2 N–H and O–H groups in total. The fourth-order valence-electron chi connectivity index (χ4n) is 3.45. The summed E-state index contributed by atoms with van der Waals surface area (Å²) in [5, 5.41) is 10.5. The Kier molecular flexibility index (Phi) is 3.82. The van der Waals surface area contributed by atoms with Crippen LogP contribution in [0.5, 0.6) is 5.75 Å². The fraction of sp³-hybridized carbons (Fsp3) is 0.100. The minimum atomic E-state index is -0.579. The van der Waals surface area contributed by atoms with Crippen molar-refractivity contribution in [3.8, 4) is 11.8 Å². The first-order valence-corrected chi connectivity index (χ1v) is 8.77. The summed E-state index contributed by atoms with van der Waals surface area (Å²) >= 11 is 3.45. The van der Waals surface area contributed by atoms with Crippen LogP contribution in [0.3, 0.4) is 0 Å². The van der Waals surface area contributed by atoms with Crippen molar-refractivity contribution in [2.75, 3.05) is 0 Å². The first-order chi connectivity index (χ1) is 12.5. The van der Waals surface area contributed by atoms with Crippen molar-refractivity contribution in [2.24, 2.45) is 12.8 Å². The van der Waals surface area contributed by atoms with Gasteiger partial charge in [0, 0.05) is 16.9 Å². The van der Waals surface area contributed by atoms with Gasteiger partial charge in [-0.1, -0.05) is 40.2 Å². The molecule has 2 heterocycles. The lowest BCUT2D eigenvalue weighted by molar-refractivity contribution is 0.396. The van der Waals surface area contributed by atoms with Gasteiger partial charge in [-0.15, -0.1) is 0 Å². The van der Waals surface area contributed by atoms with Crippen LogP contribution in [0.4, 0.5) is 0 Å². The first-order valence-electron chi connectivity index (χ1n) is 7.97. The van der Waals surface area contributed by atoms with Crippen molar-refractivity contribution in [2.45, 2.75) is 5.92 Å². The van der Waals surface area contributed by atoms with E-state index in [-0.39, 0.29) is 17.0 Å². The molecule has 0 unspecified atom stereocenters. The normalized spacial score (nSPS) is 16.1. The number of halogens is 1. The molecule has 5 nitrogen and oxygen atoms in total. The number of aryl methyl sites for hydroxylation is 1. The van der Waals surface area contributed by atoms with Crippen molar-refractivity contribution >= 4 is 26.8 Å². The van der Waals surface area contributed by atoms with E-state index in [0.717, 1.165) is 20.9 Å². The van der Waals surface area contributed by atoms with Crippen molar-refractivity contribution in [3.05, 3.63) is 85.9 Å². The lowest BCUT2D eigenvalue weighted by Gasteiger charge is -2.27. The van der Waals surface area contributed by atoms with E-state index in [4.69, 9.17) is 10.5 Å². The molecule has 6 heteroatoms. The molecular formula is C20H14BrN3O2. The molecule has 0 bridgehead atoms. The summed E-state index contributed by atoms with van der Waals surface area (Å²) in [6.45, 7) is 0. The topological polar surface area (TPSA) is 81.0 Å². The standard InChI is InChI=1S/C20H14BrN3O2/c1-24-15-8-3-2-7-13(15)18-17(20(24)25)16(14(10-22)19(23)26-18)11-5-4-6-12(21)9-11/h2-9,16H,23H2,1H3/t16-/m1/s1. The number of allylic oxidation sites excluding steroid dienone is 1. The number of benzene rings is 2. The quantitative estimate of drug-likeness (QED) is 0.668. The van der Waals surface area contributed by atoms with Gasteiger partial charge in [0.1, 0.15) is 17.4 Å². The summed E-state index contributed by atoms with van der Waals surface area (Å²) in [7, 11) is 1.72. The highest BCUT2D eigenvalue weighted by atomic mass is 79.9. The van der Waals surface area contributed by atoms with Gasteiger partial charge in [-0.25, -0.2) is 0 Å².